The molecule has 0 bridgehead atoms. The van der Waals surface area contributed by atoms with Crippen LogP contribution in [0.1, 0.15) is 11.3 Å². The summed E-state index contributed by atoms with van der Waals surface area (Å²) in [5, 5.41) is 13.7. The molecule has 1 fully saturated rings. The molecule has 1 saturated heterocycles. The summed E-state index contributed by atoms with van der Waals surface area (Å²) in [6.45, 7) is 3.10. The van der Waals surface area contributed by atoms with E-state index in [-0.39, 0.29) is 12.6 Å². The highest BCUT2D eigenvalue weighted by Gasteiger charge is 2.20. The minimum Gasteiger partial charge on any atom is -0.480 e. The van der Waals surface area contributed by atoms with Crippen molar-refractivity contribution in [2.75, 3.05) is 32.7 Å². The normalized spacial score (nSPS) is 16.5. The van der Waals surface area contributed by atoms with E-state index in [2.05, 4.69) is 21.2 Å². The molecule has 1 aliphatic rings. The third-order valence-electron chi connectivity index (χ3n) is 3.27. The van der Waals surface area contributed by atoms with Crippen molar-refractivity contribution in [3.63, 3.8) is 0 Å². The number of nitrogens with one attached hydrogen (secondary N) is 1. The Morgan fingerprint density at radius 3 is 2.81 bits per heavy atom. The first-order chi connectivity index (χ1) is 10.0. The van der Waals surface area contributed by atoms with Crippen LogP contribution in [0.15, 0.2) is 15.9 Å². The van der Waals surface area contributed by atoms with Crippen LogP contribution < -0.4 is 5.32 Å². The number of amides is 2. The van der Waals surface area contributed by atoms with Gasteiger partial charge in [0.05, 0.1) is 13.1 Å². The number of hydrogen-bond donors (Lipinski definition) is 2. The first-order valence-corrected chi connectivity index (χ1v) is 8.41. The van der Waals surface area contributed by atoms with Crippen LogP contribution in [0.2, 0.25) is 0 Å². The Morgan fingerprint density at radius 2 is 2.14 bits per heavy atom. The van der Waals surface area contributed by atoms with Crippen molar-refractivity contribution in [1.29, 1.82) is 0 Å². The fraction of sp³-hybridized carbons (Fsp3) is 0.538. The maximum atomic E-state index is 12.1. The summed E-state index contributed by atoms with van der Waals surface area (Å²) in [5.41, 5.74) is 0. The smallest absolute Gasteiger partial charge is 0.317 e. The van der Waals surface area contributed by atoms with Crippen molar-refractivity contribution < 1.29 is 14.7 Å². The van der Waals surface area contributed by atoms with Crippen molar-refractivity contribution in [1.82, 2.24) is 15.1 Å². The van der Waals surface area contributed by atoms with Gasteiger partial charge in [0.15, 0.2) is 0 Å². The number of halogens is 1. The van der Waals surface area contributed by atoms with Crippen LogP contribution in [0.4, 0.5) is 4.79 Å². The van der Waals surface area contributed by atoms with Gasteiger partial charge in [-0.3, -0.25) is 9.69 Å². The van der Waals surface area contributed by atoms with Gasteiger partial charge >= 0.3 is 12.0 Å². The molecule has 0 aliphatic carbocycles. The van der Waals surface area contributed by atoms with Crippen molar-refractivity contribution in [3.8, 4) is 0 Å². The van der Waals surface area contributed by atoms with E-state index in [1.165, 1.54) is 0 Å². The molecule has 1 aliphatic heterocycles. The van der Waals surface area contributed by atoms with Gasteiger partial charge in [-0.15, -0.1) is 11.3 Å². The number of carboxylic acids is 1. The SMILES string of the molecule is O=C(O)CN1CCCN(C(=O)NCc2cc(Br)cs2)CC1. The number of carboxylic acid groups (broad SMARTS) is 1. The predicted octanol–water partition coefficient (Wildman–Crippen LogP) is 1.81. The van der Waals surface area contributed by atoms with Gasteiger partial charge in [0, 0.05) is 40.9 Å². The molecule has 0 radical (unpaired) electrons. The number of rotatable bonds is 4. The minimum absolute atomic E-state index is 0.0404. The van der Waals surface area contributed by atoms with E-state index in [1.54, 1.807) is 16.2 Å². The summed E-state index contributed by atoms with van der Waals surface area (Å²) < 4.78 is 1.02. The van der Waals surface area contributed by atoms with Crippen molar-refractivity contribution in [3.05, 3.63) is 20.8 Å². The maximum absolute atomic E-state index is 12.1. The Bertz CT molecular complexity index is 509. The van der Waals surface area contributed by atoms with Gasteiger partial charge in [0.25, 0.3) is 0 Å². The maximum Gasteiger partial charge on any atom is 0.317 e. The third kappa shape index (κ3) is 5.29. The van der Waals surface area contributed by atoms with Gasteiger partial charge in [-0.05, 0) is 28.4 Å². The summed E-state index contributed by atoms with van der Waals surface area (Å²) in [6, 6.07) is 1.90. The van der Waals surface area contributed by atoms with E-state index >= 15 is 0 Å². The summed E-state index contributed by atoms with van der Waals surface area (Å²) in [5.74, 6) is -0.823. The Kier molecular flexibility index (Phi) is 6.01. The van der Waals surface area contributed by atoms with Crippen molar-refractivity contribution >= 4 is 39.3 Å². The van der Waals surface area contributed by atoms with E-state index in [4.69, 9.17) is 5.11 Å². The minimum atomic E-state index is -0.823. The fourth-order valence-corrected chi connectivity index (χ4v) is 3.64. The topological polar surface area (TPSA) is 72.9 Å². The lowest BCUT2D eigenvalue weighted by Crippen LogP contribution is -2.42. The van der Waals surface area contributed by atoms with E-state index in [0.717, 1.165) is 15.8 Å². The number of urea groups is 1. The molecule has 21 heavy (non-hydrogen) atoms. The van der Waals surface area contributed by atoms with Gasteiger partial charge in [0.1, 0.15) is 0 Å². The summed E-state index contributed by atoms with van der Waals surface area (Å²) >= 11 is 4.98. The Hall–Kier alpha value is -1.12. The molecule has 2 N–H and O–H groups in total. The lowest BCUT2D eigenvalue weighted by Gasteiger charge is -2.21. The van der Waals surface area contributed by atoms with Gasteiger partial charge in [0.2, 0.25) is 0 Å². The second-order valence-electron chi connectivity index (χ2n) is 4.90. The molecule has 0 aromatic carbocycles. The van der Waals surface area contributed by atoms with Gasteiger partial charge < -0.3 is 15.3 Å². The lowest BCUT2D eigenvalue weighted by atomic mass is 10.4. The molecule has 2 rings (SSSR count). The molecule has 0 atom stereocenters. The monoisotopic (exact) mass is 375 g/mol. The molecule has 0 spiro atoms. The Morgan fingerprint density at radius 1 is 1.33 bits per heavy atom. The predicted molar refractivity (Wildman–Crippen MR) is 84.5 cm³/mol. The zero-order chi connectivity index (χ0) is 15.2. The van der Waals surface area contributed by atoms with Crippen LogP contribution in [-0.4, -0.2) is 59.6 Å². The second-order valence-corrected chi connectivity index (χ2v) is 6.81. The quantitative estimate of drug-likeness (QED) is 0.841. The first kappa shape index (κ1) is 16.3. The molecular formula is C13H18BrN3O3S. The van der Waals surface area contributed by atoms with E-state index in [0.29, 0.717) is 32.7 Å². The number of thiophene rings is 1. The molecule has 6 nitrogen and oxygen atoms in total. The van der Waals surface area contributed by atoms with Crippen LogP contribution in [0.25, 0.3) is 0 Å². The van der Waals surface area contributed by atoms with E-state index < -0.39 is 5.97 Å². The van der Waals surface area contributed by atoms with Crippen LogP contribution >= 0.6 is 27.3 Å². The molecule has 1 aromatic heterocycles. The Balaban J connectivity index is 1.78. The Labute approximate surface area is 135 Å². The zero-order valence-electron chi connectivity index (χ0n) is 11.5. The fourth-order valence-electron chi connectivity index (χ4n) is 2.24. The number of hydrogen-bond acceptors (Lipinski definition) is 4. The van der Waals surface area contributed by atoms with Crippen molar-refractivity contribution in [2.24, 2.45) is 0 Å². The summed E-state index contributed by atoms with van der Waals surface area (Å²) in [6.07, 6.45) is 0.797. The van der Waals surface area contributed by atoms with E-state index in [9.17, 15) is 9.59 Å². The number of carbonyl (C=O) groups is 2. The lowest BCUT2D eigenvalue weighted by molar-refractivity contribution is -0.138. The van der Waals surface area contributed by atoms with Gasteiger partial charge in [-0.2, -0.15) is 0 Å². The number of nitrogens with zero attached hydrogens (tertiary/aromatic N) is 2. The van der Waals surface area contributed by atoms with Gasteiger partial charge in [-0.1, -0.05) is 0 Å². The van der Waals surface area contributed by atoms with Crippen LogP contribution in [0.3, 0.4) is 0 Å². The van der Waals surface area contributed by atoms with Crippen molar-refractivity contribution in [2.45, 2.75) is 13.0 Å². The standard InChI is InChI=1S/C13H18BrN3O3S/c14-10-6-11(21-9-10)7-15-13(20)17-3-1-2-16(4-5-17)8-12(18)19/h6,9H,1-5,7-8H2,(H,15,20)(H,18,19). The molecule has 8 heteroatoms. The van der Waals surface area contributed by atoms with Crippen LogP contribution in [0.5, 0.6) is 0 Å². The van der Waals surface area contributed by atoms with Gasteiger partial charge in [-0.25, -0.2) is 4.79 Å². The molecule has 116 valence electrons. The largest absolute Gasteiger partial charge is 0.480 e. The number of aliphatic carboxylic acids is 1. The molecular weight excluding hydrogens is 358 g/mol. The first-order valence-electron chi connectivity index (χ1n) is 6.74. The second kappa shape index (κ2) is 7.77. The third-order valence-corrected chi connectivity index (χ3v) is 4.97. The highest BCUT2D eigenvalue weighted by atomic mass is 79.9. The molecule has 0 unspecified atom stereocenters. The molecule has 0 saturated carbocycles. The summed E-state index contributed by atoms with van der Waals surface area (Å²) in [4.78, 5) is 27.6. The summed E-state index contributed by atoms with van der Waals surface area (Å²) in [7, 11) is 0. The molecule has 1 aromatic rings. The molecule has 2 amide bonds. The van der Waals surface area contributed by atoms with E-state index in [1.807, 2.05) is 16.3 Å². The molecule has 2 heterocycles. The zero-order valence-corrected chi connectivity index (χ0v) is 14.0. The average Bonchev–Trinajstić information content (AvgIpc) is 2.70. The van der Waals surface area contributed by atoms with Crippen LogP contribution in [0, 0.1) is 0 Å². The highest BCUT2D eigenvalue weighted by molar-refractivity contribution is 9.10. The number of carbonyl (C=O) groups excluding carboxylic acids is 1. The van der Waals surface area contributed by atoms with Crippen LogP contribution in [-0.2, 0) is 11.3 Å². The average molecular weight is 376 g/mol. The highest BCUT2D eigenvalue weighted by Crippen LogP contribution is 2.19.